The minimum Gasteiger partial charge on any atom is -0.488 e. The number of hydrogen-bond acceptors (Lipinski definition) is 3. The Labute approximate surface area is 131 Å². The third kappa shape index (κ3) is 3.91. The van der Waals surface area contributed by atoms with Gasteiger partial charge >= 0.3 is 6.03 Å². The molecule has 0 bridgehead atoms. The lowest BCUT2D eigenvalue weighted by molar-refractivity contribution is 0.101. The molecule has 1 aromatic rings. The molecule has 1 saturated carbocycles. The molecule has 1 aliphatic heterocycles. The topological polar surface area (TPSA) is 70.6 Å². The lowest BCUT2D eigenvalue weighted by atomic mass is 9.87. The predicted molar refractivity (Wildman–Crippen MR) is 83.9 cm³/mol. The Bertz CT molecular complexity index is 495. The molecule has 2 amide bonds. The molecule has 5 nitrogen and oxygen atoms in total. The number of para-hydroxylation sites is 1. The summed E-state index contributed by atoms with van der Waals surface area (Å²) in [5.74, 6) is 1.31. The third-order valence-corrected chi connectivity index (χ3v) is 4.51. The molecule has 3 N–H and O–H groups in total. The van der Waals surface area contributed by atoms with Crippen LogP contribution < -0.4 is 15.4 Å². The van der Waals surface area contributed by atoms with E-state index in [0.717, 1.165) is 37.9 Å². The van der Waals surface area contributed by atoms with Crippen LogP contribution in [-0.2, 0) is 6.42 Å². The summed E-state index contributed by atoms with van der Waals surface area (Å²) in [6.45, 7) is 1.14. The second kappa shape index (κ2) is 7.01. The molecule has 3 atom stereocenters. The Morgan fingerprint density at radius 1 is 1.23 bits per heavy atom. The van der Waals surface area contributed by atoms with Gasteiger partial charge in [-0.3, -0.25) is 0 Å². The summed E-state index contributed by atoms with van der Waals surface area (Å²) < 4.78 is 5.79. The van der Waals surface area contributed by atoms with Crippen molar-refractivity contribution in [2.75, 3.05) is 13.1 Å². The van der Waals surface area contributed by atoms with Crippen LogP contribution in [0.4, 0.5) is 4.79 Å². The van der Waals surface area contributed by atoms with Gasteiger partial charge in [0.25, 0.3) is 0 Å². The first-order valence-electron chi connectivity index (χ1n) is 8.15. The van der Waals surface area contributed by atoms with Crippen LogP contribution in [0.5, 0.6) is 5.75 Å². The number of urea groups is 1. The molecule has 2 aliphatic rings. The van der Waals surface area contributed by atoms with Crippen LogP contribution in [0.2, 0.25) is 0 Å². The van der Waals surface area contributed by atoms with Gasteiger partial charge in [-0.1, -0.05) is 24.6 Å². The zero-order chi connectivity index (χ0) is 15.4. The molecule has 1 heterocycles. The SMILES string of the molecule is O=C(NCC1CCCC(O)C1)NCC1Cc2ccccc2O1. The van der Waals surface area contributed by atoms with E-state index in [4.69, 9.17) is 4.74 Å². The second-order valence-electron chi connectivity index (χ2n) is 6.33. The van der Waals surface area contributed by atoms with E-state index < -0.39 is 0 Å². The number of hydrogen-bond donors (Lipinski definition) is 3. The van der Waals surface area contributed by atoms with E-state index >= 15 is 0 Å². The van der Waals surface area contributed by atoms with Crippen LogP contribution in [0.15, 0.2) is 24.3 Å². The molecule has 3 rings (SSSR count). The van der Waals surface area contributed by atoms with Crippen molar-refractivity contribution < 1.29 is 14.6 Å². The highest BCUT2D eigenvalue weighted by Crippen LogP contribution is 2.27. The van der Waals surface area contributed by atoms with Gasteiger partial charge in [0.1, 0.15) is 11.9 Å². The number of fused-ring (bicyclic) bond motifs is 1. The first kappa shape index (κ1) is 15.2. The lowest BCUT2D eigenvalue weighted by Gasteiger charge is -2.26. The van der Waals surface area contributed by atoms with E-state index in [1.165, 1.54) is 5.56 Å². The number of aliphatic hydroxyl groups excluding tert-OH is 1. The van der Waals surface area contributed by atoms with Gasteiger partial charge in [-0.15, -0.1) is 0 Å². The monoisotopic (exact) mass is 304 g/mol. The molecule has 120 valence electrons. The van der Waals surface area contributed by atoms with Gasteiger partial charge in [-0.25, -0.2) is 4.79 Å². The first-order valence-corrected chi connectivity index (χ1v) is 8.15. The van der Waals surface area contributed by atoms with Gasteiger partial charge in [0.15, 0.2) is 0 Å². The maximum absolute atomic E-state index is 11.9. The van der Waals surface area contributed by atoms with Crippen molar-refractivity contribution in [3.8, 4) is 5.75 Å². The Kier molecular flexibility index (Phi) is 4.83. The molecule has 1 aromatic carbocycles. The largest absolute Gasteiger partial charge is 0.488 e. The average Bonchev–Trinajstić information content (AvgIpc) is 2.94. The zero-order valence-electron chi connectivity index (χ0n) is 12.8. The molecule has 5 heteroatoms. The molecular formula is C17H24N2O3. The number of carbonyl (C=O) groups excluding carboxylic acids is 1. The number of aliphatic hydroxyl groups is 1. The van der Waals surface area contributed by atoms with Crippen LogP contribution in [0, 0.1) is 5.92 Å². The summed E-state index contributed by atoms with van der Waals surface area (Å²) in [7, 11) is 0. The number of nitrogens with one attached hydrogen (secondary N) is 2. The third-order valence-electron chi connectivity index (χ3n) is 4.51. The first-order chi connectivity index (χ1) is 10.7. The summed E-state index contributed by atoms with van der Waals surface area (Å²) in [4.78, 5) is 11.9. The van der Waals surface area contributed by atoms with E-state index in [1.54, 1.807) is 0 Å². The molecule has 22 heavy (non-hydrogen) atoms. The van der Waals surface area contributed by atoms with Crippen molar-refractivity contribution in [2.45, 2.75) is 44.3 Å². The van der Waals surface area contributed by atoms with Gasteiger partial charge in [0, 0.05) is 13.0 Å². The molecule has 3 unspecified atom stereocenters. The van der Waals surface area contributed by atoms with E-state index in [1.807, 2.05) is 18.2 Å². The highest BCUT2D eigenvalue weighted by molar-refractivity contribution is 5.73. The van der Waals surface area contributed by atoms with Gasteiger partial charge in [-0.2, -0.15) is 0 Å². The fourth-order valence-corrected chi connectivity index (χ4v) is 3.32. The van der Waals surface area contributed by atoms with Crippen molar-refractivity contribution in [1.82, 2.24) is 10.6 Å². The van der Waals surface area contributed by atoms with Crippen LogP contribution >= 0.6 is 0 Å². The standard InChI is InChI=1S/C17H24N2O3/c20-14-6-3-4-12(8-14)10-18-17(21)19-11-15-9-13-5-1-2-7-16(13)22-15/h1-2,5,7,12,14-15,20H,3-4,6,8-11H2,(H2,18,19,21). The van der Waals surface area contributed by atoms with Crippen LogP contribution in [0.3, 0.4) is 0 Å². The summed E-state index contributed by atoms with van der Waals surface area (Å²) in [5.41, 5.74) is 1.20. The molecule has 0 spiro atoms. The smallest absolute Gasteiger partial charge is 0.314 e. The minimum absolute atomic E-state index is 0.0136. The number of rotatable bonds is 4. The highest BCUT2D eigenvalue weighted by atomic mass is 16.5. The van der Waals surface area contributed by atoms with Crippen molar-refractivity contribution in [1.29, 1.82) is 0 Å². The fourth-order valence-electron chi connectivity index (χ4n) is 3.32. The molecule has 0 saturated heterocycles. The molecule has 1 fully saturated rings. The summed E-state index contributed by atoms with van der Waals surface area (Å²) in [6, 6.07) is 7.83. The van der Waals surface area contributed by atoms with Gasteiger partial charge in [0.05, 0.1) is 12.6 Å². The number of ether oxygens (including phenoxy) is 1. The minimum atomic E-state index is -0.200. The number of amides is 2. The van der Waals surface area contributed by atoms with E-state index in [9.17, 15) is 9.90 Å². The van der Waals surface area contributed by atoms with E-state index in [0.29, 0.717) is 19.0 Å². The highest BCUT2D eigenvalue weighted by Gasteiger charge is 2.23. The fraction of sp³-hybridized carbons (Fsp3) is 0.588. The normalized spacial score (nSPS) is 26.9. The molecule has 0 radical (unpaired) electrons. The zero-order valence-corrected chi connectivity index (χ0v) is 12.8. The number of carbonyl (C=O) groups is 1. The summed E-state index contributed by atoms with van der Waals surface area (Å²) in [6.07, 6.45) is 4.46. The van der Waals surface area contributed by atoms with Crippen molar-refractivity contribution >= 4 is 6.03 Å². The summed E-state index contributed by atoms with van der Waals surface area (Å²) in [5, 5.41) is 15.4. The summed E-state index contributed by atoms with van der Waals surface area (Å²) >= 11 is 0. The predicted octanol–water partition coefficient (Wildman–Crippen LogP) is 1.84. The quantitative estimate of drug-likeness (QED) is 0.795. The Morgan fingerprint density at radius 3 is 2.86 bits per heavy atom. The van der Waals surface area contributed by atoms with Gasteiger partial charge in [-0.05, 0) is 36.8 Å². The second-order valence-corrected chi connectivity index (χ2v) is 6.33. The van der Waals surface area contributed by atoms with Crippen molar-refractivity contribution in [3.05, 3.63) is 29.8 Å². The average molecular weight is 304 g/mol. The van der Waals surface area contributed by atoms with Crippen LogP contribution in [0.1, 0.15) is 31.2 Å². The van der Waals surface area contributed by atoms with Crippen LogP contribution in [0.25, 0.3) is 0 Å². The maximum Gasteiger partial charge on any atom is 0.314 e. The lowest BCUT2D eigenvalue weighted by Crippen LogP contribution is -2.43. The van der Waals surface area contributed by atoms with E-state index in [-0.39, 0.29) is 18.2 Å². The van der Waals surface area contributed by atoms with Gasteiger partial charge in [0.2, 0.25) is 0 Å². The van der Waals surface area contributed by atoms with Crippen molar-refractivity contribution in [3.63, 3.8) is 0 Å². The number of benzene rings is 1. The molecule has 1 aliphatic carbocycles. The molecular weight excluding hydrogens is 280 g/mol. The van der Waals surface area contributed by atoms with Crippen molar-refractivity contribution in [2.24, 2.45) is 5.92 Å². The maximum atomic E-state index is 11.9. The Hall–Kier alpha value is -1.75. The molecule has 0 aromatic heterocycles. The Balaban J connectivity index is 1.35. The van der Waals surface area contributed by atoms with E-state index in [2.05, 4.69) is 16.7 Å². The van der Waals surface area contributed by atoms with Crippen LogP contribution in [-0.4, -0.2) is 36.4 Å². The van der Waals surface area contributed by atoms with Gasteiger partial charge < -0.3 is 20.5 Å². The Morgan fingerprint density at radius 2 is 2.05 bits per heavy atom.